The minimum absolute atomic E-state index is 0.0767. The lowest BCUT2D eigenvalue weighted by Crippen LogP contribution is -2.51. The van der Waals surface area contributed by atoms with Crippen LogP contribution in [0.4, 0.5) is 13.2 Å². The Kier molecular flexibility index (Phi) is 6.58. The van der Waals surface area contributed by atoms with Gasteiger partial charge in [-0.05, 0) is 52.0 Å². The van der Waals surface area contributed by atoms with E-state index in [1.165, 1.54) is 12.2 Å². The molecule has 4 aliphatic rings. The number of guanidine groups is 1. The average Bonchev–Trinajstić information content (AvgIpc) is 2.90. The monoisotopic (exact) mass is 464 g/mol. The van der Waals surface area contributed by atoms with Gasteiger partial charge in [-0.1, -0.05) is 12.2 Å². The molecule has 2 aliphatic carbocycles. The fourth-order valence-corrected chi connectivity index (χ4v) is 4.70. The van der Waals surface area contributed by atoms with Gasteiger partial charge >= 0.3 is 6.18 Å². The third-order valence-corrected chi connectivity index (χ3v) is 6.90. The Morgan fingerprint density at radius 3 is 2.85 bits per heavy atom. The molecule has 1 saturated heterocycles. The van der Waals surface area contributed by atoms with E-state index in [4.69, 9.17) is 9.47 Å². The number of halogens is 3. The molecule has 1 unspecified atom stereocenters. The number of aliphatic imine (C=N–C) groups is 2. The zero-order valence-electron chi connectivity index (χ0n) is 19.3. The van der Waals surface area contributed by atoms with Gasteiger partial charge in [-0.15, -0.1) is 0 Å². The van der Waals surface area contributed by atoms with E-state index >= 15 is 0 Å². The standard InChI is InChI=1S/C24H31F3N4O2/c1-4-31(12-10-22(3)16-28-11-13-32-22)21-29-15-17(2)14-20(30-21)33-19-6-5-8-23(24(25,26)27)9-7-18(19)23/h5-6,8,14,18,28H,4,7,9-13,16H2,1-3H3/t18-,22?,23-/m0/s1. The highest BCUT2D eigenvalue weighted by Gasteiger charge is 2.64. The van der Waals surface area contributed by atoms with Crippen molar-refractivity contribution in [3.8, 4) is 0 Å². The first-order chi connectivity index (χ1) is 15.7. The number of allylic oxidation sites excluding steroid dienone is 6. The molecule has 3 atom stereocenters. The van der Waals surface area contributed by atoms with Crippen molar-refractivity contribution < 1.29 is 22.6 Å². The Labute approximate surface area is 192 Å². The quantitative estimate of drug-likeness (QED) is 0.636. The summed E-state index contributed by atoms with van der Waals surface area (Å²) in [7, 11) is 0. The van der Waals surface area contributed by atoms with E-state index in [1.807, 2.05) is 18.7 Å². The molecule has 0 aromatic rings. The SMILES string of the molecule is CCN(CCC1(C)CNCCO1)C1=NC(OC2=CC=C[C@]3(C(F)(F)F)CC[C@@H]23)=CC(C)=C=N1. The second-order valence-corrected chi connectivity index (χ2v) is 9.27. The lowest BCUT2D eigenvalue weighted by atomic mass is 9.57. The van der Waals surface area contributed by atoms with Crippen LogP contribution < -0.4 is 5.32 Å². The zero-order chi connectivity index (χ0) is 23.7. The van der Waals surface area contributed by atoms with Crippen molar-refractivity contribution in [2.24, 2.45) is 21.3 Å². The van der Waals surface area contributed by atoms with Crippen LogP contribution in [0.2, 0.25) is 0 Å². The van der Waals surface area contributed by atoms with Gasteiger partial charge in [0.05, 0.1) is 17.6 Å². The molecular weight excluding hydrogens is 433 g/mol. The van der Waals surface area contributed by atoms with E-state index in [0.29, 0.717) is 43.4 Å². The number of fused-ring (bicyclic) bond motifs is 1. The molecule has 0 spiro atoms. The molecule has 0 aromatic heterocycles. The van der Waals surface area contributed by atoms with Crippen LogP contribution >= 0.6 is 0 Å². The van der Waals surface area contributed by atoms with E-state index in [-0.39, 0.29) is 17.9 Å². The number of morpholine rings is 1. The van der Waals surface area contributed by atoms with Crippen LogP contribution in [0.1, 0.15) is 40.0 Å². The summed E-state index contributed by atoms with van der Waals surface area (Å²) in [5, 5.41) is 3.36. The molecule has 180 valence electrons. The summed E-state index contributed by atoms with van der Waals surface area (Å²) >= 11 is 0. The number of nitrogens with zero attached hydrogens (tertiary/aromatic N) is 3. The molecule has 33 heavy (non-hydrogen) atoms. The third-order valence-electron chi connectivity index (χ3n) is 6.90. The summed E-state index contributed by atoms with van der Waals surface area (Å²) in [6.45, 7) is 9.52. The lowest BCUT2D eigenvalue weighted by Gasteiger charge is -2.50. The molecule has 1 N–H and O–H groups in total. The Bertz CT molecular complexity index is 953. The summed E-state index contributed by atoms with van der Waals surface area (Å²) in [6, 6.07) is 0. The van der Waals surface area contributed by atoms with Crippen LogP contribution in [0.3, 0.4) is 0 Å². The van der Waals surface area contributed by atoms with E-state index < -0.39 is 17.5 Å². The summed E-state index contributed by atoms with van der Waals surface area (Å²) in [6.07, 6.45) is 2.94. The first kappa shape index (κ1) is 23.8. The minimum Gasteiger partial charge on any atom is -0.443 e. The van der Waals surface area contributed by atoms with Gasteiger partial charge in [-0.3, -0.25) is 0 Å². The largest absolute Gasteiger partial charge is 0.443 e. The molecule has 2 fully saturated rings. The van der Waals surface area contributed by atoms with E-state index in [0.717, 1.165) is 19.5 Å². The predicted octanol–water partition coefficient (Wildman–Crippen LogP) is 4.33. The van der Waals surface area contributed by atoms with Gasteiger partial charge < -0.3 is 19.7 Å². The maximum absolute atomic E-state index is 13.8. The maximum Gasteiger partial charge on any atom is 0.398 e. The number of hydrogen-bond acceptors (Lipinski definition) is 6. The number of hydrogen-bond donors (Lipinski definition) is 1. The fraction of sp³-hybridized carbons (Fsp3) is 0.625. The zero-order valence-corrected chi connectivity index (χ0v) is 19.3. The van der Waals surface area contributed by atoms with Crippen molar-refractivity contribution in [2.75, 3.05) is 32.8 Å². The average molecular weight is 465 g/mol. The first-order valence-corrected chi connectivity index (χ1v) is 11.5. The molecule has 0 radical (unpaired) electrons. The molecule has 2 heterocycles. The molecule has 1 saturated carbocycles. The van der Waals surface area contributed by atoms with Crippen LogP contribution in [-0.4, -0.2) is 61.3 Å². The second-order valence-electron chi connectivity index (χ2n) is 9.27. The van der Waals surface area contributed by atoms with Crippen molar-refractivity contribution in [1.29, 1.82) is 0 Å². The highest BCUT2D eigenvalue weighted by molar-refractivity contribution is 5.89. The molecule has 6 nitrogen and oxygen atoms in total. The van der Waals surface area contributed by atoms with Crippen LogP contribution in [0.5, 0.6) is 0 Å². The molecule has 0 bridgehead atoms. The minimum atomic E-state index is -4.31. The third kappa shape index (κ3) is 4.81. The Balaban J connectivity index is 1.50. The van der Waals surface area contributed by atoms with Crippen LogP contribution in [0, 0.1) is 11.3 Å². The van der Waals surface area contributed by atoms with Gasteiger partial charge in [0.25, 0.3) is 0 Å². The maximum atomic E-state index is 13.8. The smallest absolute Gasteiger partial charge is 0.398 e. The molecule has 0 amide bonds. The highest BCUT2D eigenvalue weighted by Crippen LogP contribution is 2.62. The van der Waals surface area contributed by atoms with Gasteiger partial charge in [0, 0.05) is 43.7 Å². The lowest BCUT2D eigenvalue weighted by molar-refractivity contribution is -0.251. The van der Waals surface area contributed by atoms with Crippen LogP contribution in [-0.2, 0) is 9.47 Å². The molecule has 2 aliphatic heterocycles. The molecular formula is C24H31F3N4O2. The Morgan fingerprint density at radius 1 is 1.39 bits per heavy atom. The number of nitrogens with one attached hydrogen (secondary N) is 1. The Morgan fingerprint density at radius 2 is 2.21 bits per heavy atom. The van der Waals surface area contributed by atoms with Crippen molar-refractivity contribution in [1.82, 2.24) is 10.2 Å². The van der Waals surface area contributed by atoms with Crippen molar-refractivity contribution in [2.45, 2.75) is 51.8 Å². The Hall–Kier alpha value is -2.35. The predicted molar refractivity (Wildman–Crippen MR) is 121 cm³/mol. The molecule has 0 aromatic carbocycles. The van der Waals surface area contributed by atoms with Gasteiger partial charge in [0.15, 0.2) is 0 Å². The summed E-state index contributed by atoms with van der Waals surface area (Å²) in [5.74, 6) is 3.16. The number of alkyl halides is 3. The second kappa shape index (κ2) is 9.12. The normalized spacial score (nSPS) is 31.4. The van der Waals surface area contributed by atoms with Gasteiger partial charge in [0.2, 0.25) is 11.8 Å². The van der Waals surface area contributed by atoms with Gasteiger partial charge in [-0.2, -0.15) is 23.2 Å². The van der Waals surface area contributed by atoms with Crippen LogP contribution in [0.15, 0.2) is 51.5 Å². The van der Waals surface area contributed by atoms with E-state index in [2.05, 4.69) is 28.1 Å². The van der Waals surface area contributed by atoms with Crippen molar-refractivity contribution in [3.05, 3.63) is 41.5 Å². The summed E-state index contributed by atoms with van der Waals surface area (Å²) in [5.41, 5.74) is -1.42. The van der Waals surface area contributed by atoms with Crippen molar-refractivity contribution >= 4 is 11.8 Å². The topological polar surface area (TPSA) is 58.5 Å². The fourth-order valence-electron chi connectivity index (χ4n) is 4.70. The number of ether oxygens (including phenoxy) is 2. The van der Waals surface area contributed by atoms with Gasteiger partial charge in [0.1, 0.15) is 5.76 Å². The number of rotatable bonds is 6. The summed E-state index contributed by atoms with van der Waals surface area (Å²) < 4.78 is 53.2. The van der Waals surface area contributed by atoms with Gasteiger partial charge in [-0.25, -0.2) is 0 Å². The summed E-state index contributed by atoms with van der Waals surface area (Å²) in [4.78, 5) is 11.0. The molecule has 4 rings (SSSR count). The highest BCUT2D eigenvalue weighted by atomic mass is 19.4. The van der Waals surface area contributed by atoms with E-state index in [1.54, 1.807) is 12.2 Å². The first-order valence-electron chi connectivity index (χ1n) is 11.5. The van der Waals surface area contributed by atoms with Crippen LogP contribution in [0.25, 0.3) is 0 Å². The van der Waals surface area contributed by atoms with E-state index in [9.17, 15) is 13.2 Å². The molecule has 9 heteroatoms. The van der Waals surface area contributed by atoms with Crippen molar-refractivity contribution in [3.63, 3.8) is 0 Å².